The molecule has 20 heavy (non-hydrogen) atoms. The predicted octanol–water partition coefficient (Wildman–Crippen LogP) is 5.12. The van der Waals surface area contributed by atoms with Crippen LogP contribution < -0.4 is 0 Å². The number of hydrogen-bond donors (Lipinski definition) is 0. The van der Waals surface area contributed by atoms with Gasteiger partial charge in [0.1, 0.15) is 5.82 Å². The molecule has 0 aliphatic carbocycles. The Morgan fingerprint density at radius 3 is 2.70 bits per heavy atom. The van der Waals surface area contributed by atoms with Crippen molar-refractivity contribution in [2.75, 3.05) is 0 Å². The molecular formula is C16H14BrClN2. The fourth-order valence-corrected chi connectivity index (χ4v) is 3.22. The SMILES string of the molecule is Cc1cc(Br)cc2c1nc(C)n2Cc1ccccc1Cl. The number of benzene rings is 2. The second-order valence-corrected chi connectivity index (χ2v) is 6.25. The highest BCUT2D eigenvalue weighted by Gasteiger charge is 2.11. The first-order chi connectivity index (χ1) is 9.56. The number of rotatable bonds is 2. The molecular weight excluding hydrogens is 336 g/mol. The quantitative estimate of drug-likeness (QED) is 0.628. The Labute approximate surface area is 131 Å². The van der Waals surface area contributed by atoms with Gasteiger partial charge in [-0.2, -0.15) is 0 Å². The van der Waals surface area contributed by atoms with E-state index in [9.17, 15) is 0 Å². The van der Waals surface area contributed by atoms with Gasteiger partial charge in [-0.05, 0) is 43.2 Å². The van der Waals surface area contributed by atoms with Crippen LogP contribution in [0.15, 0.2) is 40.9 Å². The van der Waals surface area contributed by atoms with Crippen LogP contribution in [0.25, 0.3) is 11.0 Å². The van der Waals surface area contributed by atoms with Gasteiger partial charge in [0.05, 0.1) is 17.6 Å². The third-order valence-electron chi connectivity index (χ3n) is 3.49. The Morgan fingerprint density at radius 2 is 1.95 bits per heavy atom. The van der Waals surface area contributed by atoms with Gasteiger partial charge in [0, 0.05) is 9.50 Å². The lowest BCUT2D eigenvalue weighted by Gasteiger charge is -2.09. The number of nitrogens with zero attached hydrogens (tertiary/aromatic N) is 2. The van der Waals surface area contributed by atoms with E-state index >= 15 is 0 Å². The van der Waals surface area contributed by atoms with Crippen molar-refractivity contribution in [3.05, 3.63) is 62.8 Å². The lowest BCUT2D eigenvalue weighted by Crippen LogP contribution is -2.02. The molecule has 3 aromatic rings. The number of halogens is 2. The molecule has 4 heteroatoms. The molecule has 0 fully saturated rings. The summed E-state index contributed by atoms with van der Waals surface area (Å²) in [5.74, 6) is 1.00. The molecule has 0 amide bonds. The Morgan fingerprint density at radius 1 is 1.20 bits per heavy atom. The van der Waals surface area contributed by atoms with Crippen LogP contribution in [0.3, 0.4) is 0 Å². The molecule has 1 aromatic heterocycles. The summed E-state index contributed by atoms with van der Waals surface area (Å²) in [7, 11) is 0. The van der Waals surface area contributed by atoms with Crippen LogP contribution in [-0.4, -0.2) is 9.55 Å². The highest BCUT2D eigenvalue weighted by Crippen LogP contribution is 2.26. The van der Waals surface area contributed by atoms with Gasteiger partial charge in [0.25, 0.3) is 0 Å². The molecule has 0 atom stereocenters. The minimum absolute atomic E-state index is 0.734. The first-order valence-corrected chi connectivity index (χ1v) is 7.60. The standard InChI is InChI=1S/C16H14BrClN2/c1-10-7-13(17)8-15-16(10)19-11(2)20(15)9-12-5-3-4-6-14(12)18/h3-8H,9H2,1-2H3. The third-order valence-corrected chi connectivity index (χ3v) is 4.31. The molecule has 1 heterocycles. The van der Waals surface area contributed by atoms with E-state index in [2.05, 4.69) is 50.6 Å². The maximum Gasteiger partial charge on any atom is 0.107 e. The first-order valence-electron chi connectivity index (χ1n) is 6.42. The van der Waals surface area contributed by atoms with E-state index in [1.807, 2.05) is 25.1 Å². The summed E-state index contributed by atoms with van der Waals surface area (Å²) >= 11 is 9.82. The molecule has 0 radical (unpaired) electrons. The van der Waals surface area contributed by atoms with Crippen LogP contribution in [0.1, 0.15) is 17.0 Å². The number of aromatic nitrogens is 2. The lowest BCUT2D eigenvalue weighted by molar-refractivity contribution is 0.786. The molecule has 0 N–H and O–H groups in total. The summed E-state index contributed by atoms with van der Waals surface area (Å²) in [6.45, 7) is 4.85. The van der Waals surface area contributed by atoms with Gasteiger partial charge in [0.15, 0.2) is 0 Å². The van der Waals surface area contributed by atoms with Crippen molar-refractivity contribution in [2.45, 2.75) is 20.4 Å². The van der Waals surface area contributed by atoms with Crippen molar-refractivity contribution in [1.29, 1.82) is 0 Å². The lowest BCUT2D eigenvalue weighted by atomic mass is 10.2. The summed E-state index contributed by atoms with van der Waals surface area (Å²) in [4.78, 5) is 4.68. The number of aryl methyl sites for hydroxylation is 2. The average Bonchev–Trinajstić information content (AvgIpc) is 2.70. The van der Waals surface area contributed by atoms with E-state index in [1.165, 1.54) is 5.56 Å². The zero-order chi connectivity index (χ0) is 14.3. The Hall–Kier alpha value is -1.32. The van der Waals surface area contributed by atoms with Crippen LogP contribution in [0.2, 0.25) is 5.02 Å². The molecule has 0 saturated carbocycles. The molecule has 0 spiro atoms. The second kappa shape index (κ2) is 5.23. The van der Waals surface area contributed by atoms with Crippen molar-refractivity contribution in [3.8, 4) is 0 Å². The highest BCUT2D eigenvalue weighted by atomic mass is 79.9. The topological polar surface area (TPSA) is 17.8 Å². The Kier molecular flexibility index (Phi) is 3.57. The van der Waals surface area contributed by atoms with Gasteiger partial charge >= 0.3 is 0 Å². The normalized spacial score (nSPS) is 11.2. The van der Waals surface area contributed by atoms with E-state index in [0.717, 1.165) is 38.5 Å². The smallest absolute Gasteiger partial charge is 0.107 e. The maximum absolute atomic E-state index is 6.26. The third kappa shape index (κ3) is 2.36. The highest BCUT2D eigenvalue weighted by molar-refractivity contribution is 9.10. The van der Waals surface area contributed by atoms with E-state index in [1.54, 1.807) is 0 Å². The second-order valence-electron chi connectivity index (χ2n) is 4.93. The van der Waals surface area contributed by atoms with Crippen LogP contribution in [0, 0.1) is 13.8 Å². The molecule has 2 nitrogen and oxygen atoms in total. The first kappa shape index (κ1) is 13.7. The fraction of sp³-hybridized carbons (Fsp3) is 0.188. The minimum Gasteiger partial charge on any atom is -0.324 e. The van der Waals surface area contributed by atoms with Gasteiger partial charge < -0.3 is 4.57 Å². The summed E-state index contributed by atoms with van der Waals surface area (Å²) in [6.07, 6.45) is 0. The largest absolute Gasteiger partial charge is 0.324 e. The molecule has 0 aliphatic rings. The minimum atomic E-state index is 0.734. The van der Waals surface area contributed by atoms with E-state index < -0.39 is 0 Å². The molecule has 3 rings (SSSR count). The van der Waals surface area contributed by atoms with E-state index in [4.69, 9.17) is 11.6 Å². The summed E-state index contributed by atoms with van der Waals surface area (Å²) in [6, 6.07) is 12.1. The molecule has 102 valence electrons. The van der Waals surface area contributed by atoms with Gasteiger partial charge in [-0.15, -0.1) is 0 Å². The number of hydrogen-bond acceptors (Lipinski definition) is 1. The van der Waals surface area contributed by atoms with Crippen molar-refractivity contribution in [2.24, 2.45) is 0 Å². The van der Waals surface area contributed by atoms with Crippen molar-refractivity contribution in [3.63, 3.8) is 0 Å². The van der Waals surface area contributed by atoms with E-state index in [0.29, 0.717) is 0 Å². The van der Waals surface area contributed by atoms with Gasteiger partial charge in [-0.1, -0.05) is 45.7 Å². The van der Waals surface area contributed by atoms with Gasteiger partial charge in [-0.3, -0.25) is 0 Å². The Balaban J connectivity index is 2.17. The van der Waals surface area contributed by atoms with E-state index in [-0.39, 0.29) is 0 Å². The molecule has 0 saturated heterocycles. The monoisotopic (exact) mass is 348 g/mol. The van der Waals surface area contributed by atoms with Crippen molar-refractivity contribution < 1.29 is 0 Å². The van der Waals surface area contributed by atoms with Crippen molar-refractivity contribution >= 4 is 38.6 Å². The fourth-order valence-electron chi connectivity index (χ4n) is 2.46. The zero-order valence-electron chi connectivity index (χ0n) is 11.3. The molecule has 2 aromatic carbocycles. The summed E-state index contributed by atoms with van der Waals surface area (Å²) < 4.78 is 3.27. The van der Waals surface area contributed by atoms with Crippen LogP contribution in [-0.2, 0) is 6.54 Å². The number of fused-ring (bicyclic) bond motifs is 1. The van der Waals surface area contributed by atoms with Crippen LogP contribution in [0.5, 0.6) is 0 Å². The zero-order valence-corrected chi connectivity index (χ0v) is 13.7. The average molecular weight is 350 g/mol. The van der Waals surface area contributed by atoms with Crippen LogP contribution in [0.4, 0.5) is 0 Å². The maximum atomic E-state index is 6.26. The van der Waals surface area contributed by atoms with Gasteiger partial charge in [0.2, 0.25) is 0 Å². The molecule has 0 bridgehead atoms. The molecule has 0 aliphatic heterocycles. The Bertz CT molecular complexity index is 793. The van der Waals surface area contributed by atoms with Gasteiger partial charge in [-0.25, -0.2) is 4.98 Å². The summed E-state index contributed by atoms with van der Waals surface area (Å²) in [5, 5.41) is 0.792. The molecule has 0 unspecified atom stereocenters. The summed E-state index contributed by atoms with van der Waals surface area (Å²) in [5.41, 5.74) is 4.47. The van der Waals surface area contributed by atoms with Crippen LogP contribution >= 0.6 is 27.5 Å². The predicted molar refractivity (Wildman–Crippen MR) is 87.5 cm³/mol. The van der Waals surface area contributed by atoms with Crippen molar-refractivity contribution in [1.82, 2.24) is 9.55 Å². The number of imidazole rings is 1.